The average Bonchev–Trinajstić information content (AvgIpc) is 2.60. The molecule has 1 heterocycles. The molecule has 0 aromatic heterocycles. The van der Waals surface area contributed by atoms with Crippen molar-refractivity contribution < 1.29 is 22.8 Å². The Hall–Kier alpha value is -2.09. The highest BCUT2D eigenvalue weighted by atomic mass is 19.4. The molecule has 0 aliphatic carbocycles. The normalized spacial score (nSPS) is 17.4. The first-order valence-corrected chi connectivity index (χ1v) is 9.04. The van der Waals surface area contributed by atoms with E-state index in [1.165, 1.54) is 30.1 Å². The third kappa shape index (κ3) is 5.69. The fraction of sp³-hybridized carbons (Fsp3) is 0.579. The maximum atomic E-state index is 13.0. The smallest absolute Gasteiger partial charge is 0.335 e. The van der Waals surface area contributed by atoms with Gasteiger partial charge in [-0.15, -0.1) is 0 Å². The second-order valence-electron chi connectivity index (χ2n) is 7.18. The van der Waals surface area contributed by atoms with E-state index in [1.807, 2.05) is 0 Å². The van der Waals surface area contributed by atoms with E-state index < -0.39 is 17.6 Å². The standard InChI is InChI=1S/C19H26F3N3O2/c1-13-8-10-25(11-9-13)14(2)18(27)24(3)12-17(26)23-16-7-5-4-6-15(16)19(20,21)22/h4-7,13-14H,8-12H2,1-3H3,(H,23,26). The van der Waals surface area contributed by atoms with Crippen molar-refractivity contribution in [3.63, 3.8) is 0 Å². The number of carbonyl (C=O) groups is 2. The molecule has 0 radical (unpaired) electrons. The van der Waals surface area contributed by atoms with Crippen LogP contribution in [0.4, 0.5) is 18.9 Å². The monoisotopic (exact) mass is 385 g/mol. The van der Waals surface area contributed by atoms with E-state index in [1.54, 1.807) is 6.92 Å². The lowest BCUT2D eigenvalue weighted by Gasteiger charge is -2.35. The van der Waals surface area contributed by atoms with E-state index in [0.29, 0.717) is 5.92 Å². The lowest BCUT2D eigenvalue weighted by molar-refractivity contribution is -0.139. The SMILES string of the molecule is CC1CCN(C(C)C(=O)N(C)CC(=O)Nc2ccccc2C(F)(F)F)CC1. The minimum atomic E-state index is -4.56. The highest BCUT2D eigenvalue weighted by Crippen LogP contribution is 2.34. The topological polar surface area (TPSA) is 52.7 Å². The van der Waals surface area contributed by atoms with Gasteiger partial charge in [0.2, 0.25) is 11.8 Å². The minimum Gasteiger partial charge on any atom is -0.335 e. The Balaban J connectivity index is 1.95. The number of piperidine rings is 1. The van der Waals surface area contributed by atoms with Crippen LogP contribution in [0.15, 0.2) is 24.3 Å². The largest absolute Gasteiger partial charge is 0.418 e. The quantitative estimate of drug-likeness (QED) is 0.847. The van der Waals surface area contributed by atoms with E-state index in [9.17, 15) is 22.8 Å². The zero-order valence-electron chi connectivity index (χ0n) is 15.8. The summed E-state index contributed by atoms with van der Waals surface area (Å²) in [6, 6.07) is 4.41. The third-order valence-electron chi connectivity index (χ3n) is 4.99. The van der Waals surface area contributed by atoms with Crippen LogP contribution in [0.3, 0.4) is 0 Å². The summed E-state index contributed by atoms with van der Waals surface area (Å²) < 4.78 is 39.0. The predicted octanol–water partition coefficient (Wildman–Crippen LogP) is 3.22. The van der Waals surface area contributed by atoms with Gasteiger partial charge in [0, 0.05) is 7.05 Å². The van der Waals surface area contributed by atoms with Gasteiger partial charge in [-0.2, -0.15) is 13.2 Å². The van der Waals surface area contributed by atoms with Crippen molar-refractivity contribution in [2.24, 2.45) is 5.92 Å². The van der Waals surface area contributed by atoms with Crippen LogP contribution >= 0.6 is 0 Å². The van der Waals surface area contributed by atoms with Crippen LogP contribution in [0.2, 0.25) is 0 Å². The van der Waals surface area contributed by atoms with Crippen molar-refractivity contribution in [1.82, 2.24) is 9.80 Å². The summed E-state index contributed by atoms with van der Waals surface area (Å²) in [5, 5.41) is 2.26. The van der Waals surface area contributed by atoms with Gasteiger partial charge in [-0.1, -0.05) is 19.1 Å². The van der Waals surface area contributed by atoms with Crippen molar-refractivity contribution >= 4 is 17.5 Å². The molecule has 1 atom stereocenters. The van der Waals surface area contributed by atoms with Crippen LogP contribution < -0.4 is 5.32 Å². The number of nitrogens with one attached hydrogen (secondary N) is 1. The molecule has 2 rings (SSSR count). The molecule has 2 amide bonds. The number of nitrogens with zero attached hydrogens (tertiary/aromatic N) is 2. The number of hydrogen-bond donors (Lipinski definition) is 1. The van der Waals surface area contributed by atoms with E-state index in [2.05, 4.69) is 17.1 Å². The molecule has 27 heavy (non-hydrogen) atoms. The molecule has 0 bridgehead atoms. The fourth-order valence-corrected chi connectivity index (χ4v) is 3.21. The minimum absolute atomic E-state index is 0.219. The molecule has 1 fully saturated rings. The first kappa shape index (κ1) is 21.2. The first-order valence-electron chi connectivity index (χ1n) is 9.04. The van der Waals surface area contributed by atoms with Crippen molar-refractivity contribution in [2.45, 2.75) is 38.9 Å². The molecule has 0 saturated carbocycles. The molecule has 1 aromatic rings. The van der Waals surface area contributed by atoms with Crippen LogP contribution in [0.5, 0.6) is 0 Å². The van der Waals surface area contributed by atoms with Gasteiger partial charge in [-0.3, -0.25) is 14.5 Å². The van der Waals surface area contributed by atoms with Gasteiger partial charge >= 0.3 is 6.18 Å². The van der Waals surface area contributed by atoms with E-state index in [-0.39, 0.29) is 24.2 Å². The number of anilines is 1. The Labute approximate surface area is 157 Å². The summed E-state index contributed by atoms with van der Waals surface area (Å²) in [6.07, 6.45) is -2.52. The maximum absolute atomic E-state index is 13.0. The summed E-state index contributed by atoms with van der Waals surface area (Å²) in [5.41, 5.74) is -1.22. The van der Waals surface area contributed by atoms with Crippen LogP contribution in [0.25, 0.3) is 0 Å². The van der Waals surface area contributed by atoms with Crippen molar-refractivity contribution in [3.8, 4) is 0 Å². The molecule has 5 nitrogen and oxygen atoms in total. The van der Waals surface area contributed by atoms with Crippen molar-refractivity contribution in [1.29, 1.82) is 0 Å². The van der Waals surface area contributed by atoms with Crippen LogP contribution in [-0.4, -0.2) is 54.3 Å². The molecule has 1 saturated heterocycles. The molecule has 1 N–H and O–H groups in total. The zero-order chi connectivity index (χ0) is 20.2. The van der Waals surface area contributed by atoms with E-state index in [0.717, 1.165) is 32.0 Å². The van der Waals surface area contributed by atoms with Gasteiger partial charge in [0.1, 0.15) is 0 Å². The molecule has 1 aliphatic rings. The molecule has 1 aromatic carbocycles. The summed E-state index contributed by atoms with van der Waals surface area (Å²) in [4.78, 5) is 28.1. The first-order chi connectivity index (χ1) is 12.6. The Bertz CT molecular complexity index is 670. The van der Waals surface area contributed by atoms with Crippen LogP contribution in [0.1, 0.15) is 32.3 Å². The van der Waals surface area contributed by atoms with Crippen molar-refractivity contribution in [3.05, 3.63) is 29.8 Å². The van der Waals surface area contributed by atoms with E-state index >= 15 is 0 Å². The molecule has 1 aliphatic heterocycles. The highest BCUT2D eigenvalue weighted by Gasteiger charge is 2.34. The molecule has 1 unspecified atom stereocenters. The lowest BCUT2D eigenvalue weighted by Crippen LogP contribution is -2.49. The number of hydrogen-bond acceptors (Lipinski definition) is 3. The van der Waals surface area contributed by atoms with Gasteiger partial charge < -0.3 is 10.2 Å². The Morgan fingerprint density at radius 2 is 1.85 bits per heavy atom. The Morgan fingerprint density at radius 3 is 2.44 bits per heavy atom. The van der Waals surface area contributed by atoms with Gasteiger partial charge in [0.15, 0.2) is 0 Å². The number of likely N-dealkylation sites (N-methyl/N-ethyl adjacent to an activating group) is 1. The van der Waals surface area contributed by atoms with Crippen molar-refractivity contribution in [2.75, 3.05) is 32.0 Å². The number of rotatable bonds is 5. The van der Waals surface area contributed by atoms with Crippen LogP contribution in [0, 0.1) is 5.92 Å². The summed E-state index contributed by atoms with van der Waals surface area (Å²) >= 11 is 0. The third-order valence-corrected chi connectivity index (χ3v) is 4.99. The number of alkyl halides is 3. The summed E-state index contributed by atoms with van der Waals surface area (Å²) in [5.74, 6) is -0.244. The highest BCUT2D eigenvalue weighted by molar-refractivity contribution is 5.95. The molecule has 150 valence electrons. The van der Waals surface area contributed by atoms with Crippen LogP contribution in [-0.2, 0) is 15.8 Å². The van der Waals surface area contributed by atoms with Gasteiger partial charge in [0.05, 0.1) is 23.8 Å². The van der Waals surface area contributed by atoms with Gasteiger partial charge in [0.25, 0.3) is 0 Å². The molecule has 0 spiro atoms. The Kier molecular flexibility index (Phi) is 6.86. The number of benzene rings is 1. The van der Waals surface area contributed by atoms with E-state index in [4.69, 9.17) is 0 Å². The number of halogens is 3. The number of para-hydroxylation sites is 1. The maximum Gasteiger partial charge on any atom is 0.418 e. The summed E-state index contributed by atoms with van der Waals surface area (Å²) in [6.45, 7) is 5.32. The second kappa shape index (κ2) is 8.73. The molecular weight excluding hydrogens is 359 g/mol. The van der Waals surface area contributed by atoms with Gasteiger partial charge in [-0.25, -0.2) is 0 Å². The number of carbonyl (C=O) groups excluding carboxylic acids is 2. The average molecular weight is 385 g/mol. The number of likely N-dealkylation sites (tertiary alicyclic amines) is 1. The number of amides is 2. The predicted molar refractivity (Wildman–Crippen MR) is 97.1 cm³/mol. The Morgan fingerprint density at radius 1 is 1.26 bits per heavy atom. The lowest BCUT2D eigenvalue weighted by atomic mass is 9.98. The fourth-order valence-electron chi connectivity index (χ4n) is 3.21. The zero-order valence-corrected chi connectivity index (χ0v) is 15.8. The van der Waals surface area contributed by atoms with Gasteiger partial charge in [-0.05, 0) is 50.9 Å². The second-order valence-corrected chi connectivity index (χ2v) is 7.18. The molecular formula is C19H26F3N3O2. The molecule has 8 heteroatoms. The summed E-state index contributed by atoms with van der Waals surface area (Å²) in [7, 11) is 1.49.